The Morgan fingerprint density at radius 2 is 2.00 bits per heavy atom. The third-order valence-electron chi connectivity index (χ3n) is 6.18. The van der Waals surface area contributed by atoms with Crippen molar-refractivity contribution in [3.63, 3.8) is 0 Å². The van der Waals surface area contributed by atoms with Gasteiger partial charge in [-0.25, -0.2) is 0 Å². The highest BCUT2D eigenvalue weighted by Gasteiger charge is 2.29. The molecule has 1 amide bonds. The number of piperidine rings is 1. The van der Waals surface area contributed by atoms with Crippen LogP contribution >= 0.6 is 0 Å². The van der Waals surface area contributed by atoms with Gasteiger partial charge in [0.15, 0.2) is 0 Å². The van der Waals surface area contributed by atoms with Gasteiger partial charge in [0.25, 0.3) is 0 Å². The van der Waals surface area contributed by atoms with Gasteiger partial charge in [-0.2, -0.15) is 5.26 Å². The first-order valence-electron chi connectivity index (χ1n) is 11.1. The average molecular weight is 407 g/mol. The number of aryl methyl sites for hydroxylation is 1. The summed E-state index contributed by atoms with van der Waals surface area (Å²) in [5, 5.41) is 18.0. The van der Waals surface area contributed by atoms with Crippen LogP contribution in [0, 0.1) is 11.3 Å². The Hall–Kier alpha value is -2.72. The van der Waals surface area contributed by atoms with Crippen molar-refractivity contribution in [1.82, 2.24) is 19.7 Å². The molecule has 2 aliphatic heterocycles. The lowest BCUT2D eigenvalue weighted by Gasteiger charge is -2.33. The lowest BCUT2D eigenvalue weighted by Crippen LogP contribution is -2.44. The van der Waals surface area contributed by atoms with Crippen LogP contribution in [-0.2, 0) is 17.8 Å². The van der Waals surface area contributed by atoms with E-state index in [0.29, 0.717) is 25.4 Å². The fourth-order valence-corrected chi connectivity index (χ4v) is 4.66. The minimum absolute atomic E-state index is 0.0529. The summed E-state index contributed by atoms with van der Waals surface area (Å²) in [6.07, 6.45) is 7.15. The molecule has 1 aromatic carbocycles. The van der Waals surface area contributed by atoms with E-state index in [2.05, 4.69) is 25.7 Å². The predicted octanol–water partition coefficient (Wildman–Crippen LogP) is 3.13. The van der Waals surface area contributed by atoms with E-state index in [9.17, 15) is 4.79 Å². The number of amides is 1. The Morgan fingerprint density at radius 3 is 2.83 bits per heavy atom. The van der Waals surface area contributed by atoms with Crippen molar-refractivity contribution < 1.29 is 4.79 Å². The van der Waals surface area contributed by atoms with Crippen LogP contribution in [-0.4, -0.2) is 51.8 Å². The molecule has 0 N–H and O–H groups in total. The van der Waals surface area contributed by atoms with Crippen LogP contribution in [0.1, 0.15) is 56.1 Å². The summed E-state index contributed by atoms with van der Waals surface area (Å²) in [6.45, 7) is 3.57. The largest absolute Gasteiger partial charge is 0.315 e. The number of carbonyl (C=O) groups is 1. The standard InChI is InChI=1S/C23H30N6O/c24-13-8-16-28(20-10-3-1-4-11-20)22(30)18-27-14-7-9-19(17-27)23-26-25-21-12-5-2-6-15-29(21)23/h1,3-4,10-11,19H,2,5-9,12,14-18H2/t19-/m1/s1. The fraction of sp³-hybridized carbons (Fsp3) is 0.565. The Balaban J connectivity index is 1.44. The number of para-hydroxylation sites is 1. The van der Waals surface area contributed by atoms with E-state index in [0.717, 1.165) is 56.2 Å². The molecule has 0 spiro atoms. The third kappa shape index (κ3) is 4.71. The highest BCUT2D eigenvalue weighted by Crippen LogP contribution is 2.28. The average Bonchev–Trinajstić information content (AvgIpc) is 3.03. The Bertz CT molecular complexity index is 887. The maximum Gasteiger partial charge on any atom is 0.241 e. The lowest BCUT2D eigenvalue weighted by molar-refractivity contribution is -0.120. The van der Waals surface area contributed by atoms with E-state index in [1.54, 1.807) is 4.90 Å². The molecule has 7 nitrogen and oxygen atoms in total. The normalized spacial score (nSPS) is 19.5. The number of benzene rings is 1. The number of hydrogen-bond acceptors (Lipinski definition) is 5. The van der Waals surface area contributed by atoms with Crippen molar-refractivity contribution in [3.8, 4) is 6.07 Å². The van der Waals surface area contributed by atoms with Crippen LogP contribution in [0.25, 0.3) is 0 Å². The number of fused-ring (bicyclic) bond motifs is 1. The van der Waals surface area contributed by atoms with Crippen LogP contribution in [0.15, 0.2) is 30.3 Å². The molecule has 2 aliphatic rings. The zero-order valence-corrected chi connectivity index (χ0v) is 17.5. The maximum absolute atomic E-state index is 13.1. The number of nitrogens with zero attached hydrogens (tertiary/aromatic N) is 6. The second-order valence-corrected chi connectivity index (χ2v) is 8.30. The van der Waals surface area contributed by atoms with Crippen LogP contribution in [0.2, 0.25) is 0 Å². The molecule has 1 saturated heterocycles. The minimum atomic E-state index is 0.0529. The summed E-state index contributed by atoms with van der Waals surface area (Å²) in [4.78, 5) is 17.1. The first-order chi connectivity index (χ1) is 14.8. The SMILES string of the molecule is N#CCCN(C(=O)CN1CCC[C@@H](c2nnc3n2CCCCC3)C1)c1ccccc1. The van der Waals surface area contributed by atoms with E-state index in [1.165, 1.54) is 19.3 Å². The molecule has 0 unspecified atom stereocenters. The summed E-state index contributed by atoms with van der Waals surface area (Å²) in [6, 6.07) is 11.8. The van der Waals surface area contributed by atoms with Crippen LogP contribution in [0.3, 0.4) is 0 Å². The van der Waals surface area contributed by atoms with Crippen molar-refractivity contribution in [2.75, 3.05) is 31.1 Å². The van der Waals surface area contributed by atoms with Gasteiger partial charge in [-0.3, -0.25) is 9.69 Å². The molecule has 3 heterocycles. The molecule has 1 atom stereocenters. The molecular formula is C23H30N6O. The van der Waals surface area contributed by atoms with Crippen LogP contribution in [0.5, 0.6) is 0 Å². The number of anilines is 1. The molecule has 158 valence electrons. The van der Waals surface area contributed by atoms with Gasteiger partial charge < -0.3 is 9.47 Å². The smallest absolute Gasteiger partial charge is 0.241 e. The highest BCUT2D eigenvalue weighted by molar-refractivity contribution is 5.94. The lowest BCUT2D eigenvalue weighted by atomic mass is 9.97. The highest BCUT2D eigenvalue weighted by atomic mass is 16.2. The number of likely N-dealkylation sites (tertiary alicyclic amines) is 1. The Kier molecular flexibility index (Phi) is 6.75. The van der Waals surface area contributed by atoms with Crippen molar-refractivity contribution >= 4 is 11.6 Å². The van der Waals surface area contributed by atoms with Gasteiger partial charge in [0.05, 0.1) is 19.0 Å². The Morgan fingerprint density at radius 1 is 1.13 bits per heavy atom. The zero-order chi connectivity index (χ0) is 20.8. The molecule has 0 saturated carbocycles. The predicted molar refractivity (Wildman–Crippen MR) is 115 cm³/mol. The second-order valence-electron chi connectivity index (χ2n) is 8.30. The number of aromatic nitrogens is 3. The summed E-state index contributed by atoms with van der Waals surface area (Å²) in [7, 11) is 0. The summed E-state index contributed by atoms with van der Waals surface area (Å²) in [5.74, 6) is 2.61. The molecule has 0 bridgehead atoms. The van der Waals surface area contributed by atoms with E-state index >= 15 is 0 Å². The van der Waals surface area contributed by atoms with Gasteiger partial charge in [-0.1, -0.05) is 24.6 Å². The Labute approximate surface area is 178 Å². The van der Waals surface area contributed by atoms with E-state index in [4.69, 9.17) is 5.26 Å². The van der Waals surface area contributed by atoms with Gasteiger partial charge in [0.2, 0.25) is 5.91 Å². The summed E-state index contributed by atoms with van der Waals surface area (Å²) >= 11 is 0. The minimum Gasteiger partial charge on any atom is -0.315 e. The van der Waals surface area contributed by atoms with E-state index in [-0.39, 0.29) is 5.91 Å². The summed E-state index contributed by atoms with van der Waals surface area (Å²) < 4.78 is 2.34. The molecule has 2 aromatic rings. The summed E-state index contributed by atoms with van der Waals surface area (Å²) in [5.41, 5.74) is 0.856. The number of carbonyl (C=O) groups excluding carboxylic acids is 1. The second kappa shape index (κ2) is 9.86. The van der Waals surface area contributed by atoms with Crippen molar-refractivity contribution in [3.05, 3.63) is 42.0 Å². The maximum atomic E-state index is 13.1. The molecule has 7 heteroatoms. The quantitative estimate of drug-likeness (QED) is 0.736. The van der Waals surface area contributed by atoms with Gasteiger partial charge in [-0.05, 0) is 44.4 Å². The molecule has 1 fully saturated rings. The van der Waals surface area contributed by atoms with E-state index in [1.807, 2.05) is 30.3 Å². The van der Waals surface area contributed by atoms with E-state index < -0.39 is 0 Å². The number of rotatable bonds is 6. The number of nitriles is 1. The molecule has 1 aromatic heterocycles. The van der Waals surface area contributed by atoms with Gasteiger partial charge in [-0.15, -0.1) is 10.2 Å². The molecule has 30 heavy (non-hydrogen) atoms. The van der Waals surface area contributed by atoms with Crippen LogP contribution < -0.4 is 4.90 Å². The molecule has 0 radical (unpaired) electrons. The number of hydrogen-bond donors (Lipinski definition) is 0. The third-order valence-corrected chi connectivity index (χ3v) is 6.18. The molecular weight excluding hydrogens is 376 g/mol. The van der Waals surface area contributed by atoms with Crippen molar-refractivity contribution in [2.24, 2.45) is 0 Å². The van der Waals surface area contributed by atoms with Gasteiger partial charge in [0.1, 0.15) is 11.6 Å². The molecule has 4 rings (SSSR count). The first kappa shape index (κ1) is 20.5. The monoisotopic (exact) mass is 406 g/mol. The van der Waals surface area contributed by atoms with Gasteiger partial charge in [0, 0.05) is 37.7 Å². The zero-order valence-electron chi connectivity index (χ0n) is 17.5. The van der Waals surface area contributed by atoms with Gasteiger partial charge >= 0.3 is 0 Å². The topological polar surface area (TPSA) is 78.1 Å². The van der Waals surface area contributed by atoms with Crippen LogP contribution in [0.4, 0.5) is 5.69 Å². The van der Waals surface area contributed by atoms with Crippen molar-refractivity contribution in [1.29, 1.82) is 5.26 Å². The fourth-order valence-electron chi connectivity index (χ4n) is 4.66. The molecule has 0 aliphatic carbocycles. The van der Waals surface area contributed by atoms with Crippen molar-refractivity contribution in [2.45, 2.75) is 57.4 Å². The first-order valence-corrected chi connectivity index (χ1v) is 11.1.